The van der Waals surface area contributed by atoms with Gasteiger partial charge in [0.1, 0.15) is 11.5 Å². The summed E-state index contributed by atoms with van der Waals surface area (Å²) in [5, 5.41) is 11.2. The number of pyridine rings is 1. The van der Waals surface area contributed by atoms with Gasteiger partial charge in [0.15, 0.2) is 11.5 Å². The van der Waals surface area contributed by atoms with Gasteiger partial charge in [-0.05, 0) is 60.0 Å². The maximum absolute atomic E-state index is 13.3. The molecule has 5 rings (SSSR count). The summed E-state index contributed by atoms with van der Waals surface area (Å²) < 4.78 is 16.5. The minimum Gasteiger partial charge on any atom is -0.507 e. The number of aliphatic hydroxyl groups excluding tert-OH is 1. The maximum Gasteiger partial charge on any atom is 0.300 e. The summed E-state index contributed by atoms with van der Waals surface area (Å²) in [6, 6.07) is 14.4. The normalized spacial score (nSPS) is 18.4. The first kappa shape index (κ1) is 22.5. The monoisotopic (exact) mass is 472 g/mol. The average molecular weight is 472 g/mol. The molecule has 2 aromatic carbocycles. The van der Waals surface area contributed by atoms with Gasteiger partial charge >= 0.3 is 0 Å². The number of hydrogen-bond acceptors (Lipinski definition) is 7. The number of rotatable bonds is 6. The highest BCUT2D eigenvalue weighted by Crippen LogP contribution is 2.44. The van der Waals surface area contributed by atoms with Crippen molar-refractivity contribution in [3.8, 4) is 17.2 Å². The highest BCUT2D eigenvalue weighted by Gasteiger charge is 2.47. The van der Waals surface area contributed by atoms with Gasteiger partial charge in [0.05, 0.1) is 18.2 Å². The summed E-state index contributed by atoms with van der Waals surface area (Å²) in [4.78, 5) is 31.9. The molecule has 1 unspecified atom stereocenters. The van der Waals surface area contributed by atoms with Crippen molar-refractivity contribution in [3.05, 3.63) is 83.7 Å². The van der Waals surface area contributed by atoms with Gasteiger partial charge in [-0.3, -0.25) is 19.5 Å². The van der Waals surface area contributed by atoms with Crippen LogP contribution in [0.3, 0.4) is 0 Å². The predicted molar refractivity (Wildman–Crippen MR) is 128 cm³/mol. The van der Waals surface area contributed by atoms with Crippen LogP contribution in [0.4, 0.5) is 5.69 Å². The number of carbonyl (C=O) groups excluding carboxylic acids is 2. The van der Waals surface area contributed by atoms with Crippen molar-refractivity contribution in [2.24, 2.45) is 5.92 Å². The van der Waals surface area contributed by atoms with E-state index in [1.807, 2.05) is 0 Å². The predicted octanol–water partition coefficient (Wildman–Crippen LogP) is 4.47. The van der Waals surface area contributed by atoms with Gasteiger partial charge in [0.2, 0.25) is 6.79 Å². The largest absolute Gasteiger partial charge is 0.507 e. The molecule has 35 heavy (non-hydrogen) atoms. The van der Waals surface area contributed by atoms with Gasteiger partial charge in [-0.15, -0.1) is 0 Å². The maximum atomic E-state index is 13.3. The molecule has 1 N–H and O–H groups in total. The van der Waals surface area contributed by atoms with Crippen molar-refractivity contribution in [2.75, 3.05) is 18.3 Å². The summed E-state index contributed by atoms with van der Waals surface area (Å²) in [6.07, 6.45) is 3.16. The Labute approximate surface area is 202 Å². The summed E-state index contributed by atoms with van der Waals surface area (Å²) in [6.45, 7) is 4.76. The van der Waals surface area contributed by atoms with Crippen molar-refractivity contribution in [2.45, 2.75) is 19.9 Å². The molecule has 0 spiro atoms. The lowest BCUT2D eigenvalue weighted by Crippen LogP contribution is -2.29. The number of amides is 1. The summed E-state index contributed by atoms with van der Waals surface area (Å²) in [7, 11) is 0. The summed E-state index contributed by atoms with van der Waals surface area (Å²) in [5.74, 6) is 0.285. The first-order chi connectivity index (χ1) is 16.9. The Bertz CT molecular complexity index is 1300. The zero-order chi connectivity index (χ0) is 24.5. The van der Waals surface area contributed by atoms with E-state index in [1.165, 1.54) is 4.90 Å². The van der Waals surface area contributed by atoms with Crippen molar-refractivity contribution in [1.29, 1.82) is 0 Å². The third-order valence-electron chi connectivity index (χ3n) is 5.81. The van der Waals surface area contributed by atoms with E-state index in [1.54, 1.807) is 67.0 Å². The first-order valence-corrected chi connectivity index (χ1v) is 11.3. The molecule has 0 saturated carbocycles. The molecule has 3 heterocycles. The van der Waals surface area contributed by atoms with E-state index in [9.17, 15) is 14.7 Å². The van der Waals surface area contributed by atoms with Gasteiger partial charge < -0.3 is 19.3 Å². The fourth-order valence-corrected chi connectivity index (χ4v) is 4.12. The Morgan fingerprint density at radius 1 is 1.06 bits per heavy atom. The van der Waals surface area contributed by atoms with Crippen LogP contribution in [0, 0.1) is 5.92 Å². The van der Waals surface area contributed by atoms with Gasteiger partial charge in [-0.1, -0.05) is 13.8 Å². The number of anilines is 1. The molecule has 2 aliphatic heterocycles. The van der Waals surface area contributed by atoms with Crippen molar-refractivity contribution in [3.63, 3.8) is 0 Å². The Hall–Kier alpha value is -4.33. The quantitative estimate of drug-likeness (QED) is 0.321. The van der Waals surface area contributed by atoms with E-state index in [-0.39, 0.29) is 18.1 Å². The fourth-order valence-electron chi connectivity index (χ4n) is 4.12. The van der Waals surface area contributed by atoms with Crippen LogP contribution >= 0.6 is 0 Å². The molecule has 1 atom stereocenters. The molecule has 2 aliphatic rings. The van der Waals surface area contributed by atoms with E-state index in [2.05, 4.69) is 18.8 Å². The lowest BCUT2D eigenvalue weighted by molar-refractivity contribution is -0.132. The van der Waals surface area contributed by atoms with Gasteiger partial charge in [-0.25, -0.2) is 0 Å². The van der Waals surface area contributed by atoms with Gasteiger partial charge in [-0.2, -0.15) is 0 Å². The molecule has 8 nitrogen and oxygen atoms in total. The summed E-state index contributed by atoms with van der Waals surface area (Å²) >= 11 is 0. The number of fused-ring (bicyclic) bond motifs is 1. The zero-order valence-corrected chi connectivity index (χ0v) is 19.3. The molecule has 0 radical (unpaired) electrons. The molecule has 8 heteroatoms. The fraction of sp³-hybridized carbons (Fsp3) is 0.222. The number of nitrogens with zero attached hydrogens (tertiary/aromatic N) is 2. The zero-order valence-electron chi connectivity index (χ0n) is 19.3. The number of aliphatic hydroxyl groups is 1. The second-order valence-electron chi connectivity index (χ2n) is 8.72. The van der Waals surface area contributed by atoms with Crippen molar-refractivity contribution >= 4 is 23.1 Å². The molecule has 1 fully saturated rings. The third kappa shape index (κ3) is 4.19. The Balaban J connectivity index is 1.58. The topological polar surface area (TPSA) is 98.2 Å². The lowest BCUT2D eigenvalue weighted by Gasteiger charge is -2.25. The second kappa shape index (κ2) is 9.13. The smallest absolute Gasteiger partial charge is 0.300 e. The van der Waals surface area contributed by atoms with Crippen LogP contribution in [0.2, 0.25) is 0 Å². The molecule has 3 aromatic rings. The van der Waals surface area contributed by atoms with Crippen molar-refractivity contribution in [1.82, 2.24) is 4.98 Å². The van der Waals surface area contributed by atoms with Crippen LogP contribution in [-0.2, 0) is 9.59 Å². The van der Waals surface area contributed by atoms with E-state index in [0.29, 0.717) is 46.6 Å². The molecule has 1 saturated heterocycles. The minimum atomic E-state index is -0.852. The molecule has 0 bridgehead atoms. The van der Waals surface area contributed by atoms with Gasteiger partial charge in [0.25, 0.3) is 11.7 Å². The lowest BCUT2D eigenvalue weighted by atomic mass is 9.95. The highest BCUT2D eigenvalue weighted by atomic mass is 16.7. The van der Waals surface area contributed by atoms with E-state index in [0.717, 1.165) is 0 Å². The first-order valence-electron chi connectivity index (χ1n) is 11.3. The average Bonchev–Trinajstić information content (AvgIpc) is 3.45. The standard InChI is InChI=1S/C27H24N2O6/c1-16(2)14-33-20-6-3-18(4-7-20)25(30)23-24(17-9-11-28-12-10-17)29(27(32)26(23)31)19-5-8-21-22(13-19)35-15-34-21/h3-13,16,24,30H,14-15H2,1-2H3/b25-23+. The number of benzene rings is 2. The van der Waals surface area contributed by atoms with Gasteiger partial charge in [0, 0.05) is 29.7 Å². The van der Waals surface area contributed by atoms with Crippen LogP contribution in [-0.4, -0.2) is 35.2 Å². The molecule has 1 amide bonds. The van der Waals surface area contributed by atoms with E-state index < -0.39 is 17.7 Å². The highest BCUT2D eigenvalue weighted by molar-refractivity contribution is 6.51. The number of carbonyl (C=O) groups is 2. The minimum absolute atomic E-state index is 0.00489. The molecule has 178 valence electrons. The number of ether oxygens (including phenoxy) is 3. The molecule has 0 aliphatic carbocycles. The number of Topliss-reactive ketones (excluding diaryl/α,β-unsaturated/α-hetero) is 1. The Kier molecular flexibility index (Phi) is 5.86. The van der Waals surface area contributed by atoms with Crippen molar-refractivity contribution < 1.29 is 28.9 Å². The van der Waals surface area contributed by atoms with E-state index in [4.69, 9.17) is 14.2 Å². The van der Waals surface area contributed by atoms with Crippen LogP contribution in [0.15, 0.2) is 72.6 Å². The number of aromatic nitrogens is 1. The Morgan fingerprint density at radius 3 is 2.49 bits per heavy atom. The van der Waals surface area contributed by atoms with Crippen LogP contribution in [0.5, 0.6) is 17.2 Å². The third-order valence-corrected chi connectivity index (χ3v) is 5.81. The molecular formula is C27H24N2O6. The summed E-state index contributed by atoms with van der Waals surface area (Å²) in [5.41, 5.74) is 1.49. The Morgan fingerprint density at radius 2 is 1.77 bits per heavy atom. The number of ketones is 1. The second-order valence-corrected chi connectivity index (χ2v) is 8.72. The van der Waals surface area contributed by atoms with Crippen LogP contribution < -0.4 is 19.1 Å². The van der Waals surface area contributed by atoms with Crippen LogP contribution in [0.1, 0.15) is 31.0 Å². The van der Waals surface area contributed by atoms with Crippen LogP contribution in [0.25, 0.3) is 5.76 Å². The van der Waals surface area contributed by atoms with E-state index >= 15 is 0 Å². The molecule has 1 aromatic heterocycles. The molecular weight excluding hydrogens is 448 g/mol. The number of hydrogen-bond donors (Lipinski definition) is 1. The SMILES string of the molecule is CC(C)COc1ccc(/C(O)=C2\C(=O)C(=O)N(c3ccc4c(c3)OCO4)C2c2ccncc2)cc1.